The van der Waals surface area contributed by atoms with Gasteiger partial charge in [-0.3, -0.25) is 0 Å². The number of rotatable bonds is 4. The van der Waals surface area contributed by atoms with E-state index in [4.69, 9.17) is 16.3 Å². The molecule has 0 atom stereocenters. The van der Waals surface area contributed by atoms with Crippen molar-refractivity contribution in [3.05, 3.63) is 59.6 Å². The van der Waals surface area contributed by atoms with Crippen molar-refractivity contribution in [2.45, 2.75) is 4.90 Å². The van der Waals surface area contributed by atoms with Crippen LogP contribution in [0.3, 0.4) is 0 Å². The van der Waals surface area contributed by atoms with Crippen LogP contribution in [0.2, 0.25) is 5.02 Å². The fourth-order valence-corrected chi connectivity index (χ4v) is 2.02. The Bertz CT molecular complexity index is 427. The largest absolute Gasteiger partial charge is 0.483 e. The van der Waals surface area contributed by atoms with Gasteiger partial charge in [0.05, 0.1) is 0 Å². The number of ether oxygens (including phenoxy) is 1. The number of hydrogen-bond donors (Lipinski definition) is 0. The van der Waals surface area contributed by atoms with Gasteiger partial charge in [0.1, 0.15) is 11.7 Å². The van der Waals surface area contributed by atoms with Crippen LogP contribution in [0, 0.1) is 0 Å². The Balaban J connectivity index is 1.82. The Hall–Kier alpha value is -1.12. The predicted octanol–water partition coefficient (Wildman–Crippen LogP) is 4.47. The summed E-state index contributed by atoms with van der Waals surface area (Å²) < 4.78 is 5.57. The highest BCUT2D eigenvalue weighted by Crippen LogP contribution is 2.20. The van der Waals surface area contributed by atoms with Crippen LogP contribution in [-0.4, -0.2) is 5.94 Å². The standard InChI is InChI=1S/C13H11ClOS/c14-11-6-8-12(9-7-11)15-10-16-13-4-2-1-3-5-13/h1-9H,10H2. The number of halogens is 1. The average Bonchev–Trinajstić information content (AvgIpc) is 2.33. The summed E-state index contributed by atoms with van der Waals surface area (Å²) in [4.78, 5) is 1.21. The Morgan fingerprint density at radius 3 is 2.31 bits per heavy atom. The highest BCUT2D eigenvalue weighted by Gasteiger charge is 1.95. The van der Waals surface area contributed by atoms with Gasteiger partial charge in [-0.25, -0.2) is 0 Å². The lowest BCUT2D eigenvalue weighted by Crippen LogP contribution is -1.91. The molecule has 2 rings (SSSR count). The van der Waals surface area contributed by atoms with Crippen LogP contribution in [0.5, 0.6) is 5.75 Å². The molecule has 0 saturated carbocycles. The first-order chi connectivity index (χ1) is 7.84. The first-order valence-electron chi connectivity index (χ1n) is 4.91. The lowest BCUT2D eigenvalue weighted by molar-refractivity contribution is 0.393. The van der Waals surface area contributed by atoms with Gasteiger partial charge in [0, 0.05) is 9.92 Å². The van der Waals surface area contributed by atoms with Crippen molar-refractivity contribution in [3.8, 4) is 5.75 Å². The molecule has 2 aromatic rings. The van der Waals surface area contributed by atoms with Crippen molar-refractivity contribution in [2.24, 2.45) is 0 Å². The first-order valence-corrected chi connectivity index (χ1v) is 6.27. The molecule has 2 aromatic carbocycles. The summed E-state index contributed by atoms with van der Waals surface area (Å²) in [5.74, 6) is 1.44. The summed E-state index contributed by atoms with van der Waals surface area (Å²) in [5, 5.41) is 0.725. The zero-order valence-corrected chi connectivity index (χ0v) is 10.2. The van der Waals surface area contributed by atoms with Crippen molar-refractivity contribution < 1.29 is 4.74 Å². The smallest absolute Gasteiger partial charge is 0.138 e. The van der Waals surface area contributed by atoms with Crippen molar-refractivity contribution in [1.82, 2.24) is 0 Å². The molecule has 0 saturated heterocycles. The molecule has 1 nitrogen and oxygen atoms in total. The predicted molar refractivity (Wildman–Crippen MR) is 69.2 cm³/mol. The minimum atomic E-state index is 0.603. The van der Waals surface area contributed by atoms with E-state index in [2.05, 4.69) is 12.1 Å². The molecule has 0 aliphatic rings. The average molecular weight is 251 g/mol. The van der Waals surface area contributed by atoms with E-state index in [0.717, 1.165) is 10.8 Å². The fourth-order valence-electron chi connectivity index (χ4n) is 1.21. The molecule has 0 unspecified atom stereocenters. The van der Waals surface area contributed by atoms with Gasteiger partial charge in [0.25, 0.3) is 0 Å². The molecule has 0 aromatic heterocycles. The van der Waals surface area contributed by atoms with Crippen LogP contribution in [-0.2, 0) is 0 Å². The maximum absolute atomic E-state index is 5.78. The van der Waals surface area contributed by atoms with Gasteiger partial charge in [0.2, 0.25) is 0 Å². The molecule has 0 amide bonds. The highest BCUT2D eigenvalue weighted by atomic mass is 35.5. The molecule has 3 heteroatoms. The van der Waals surface area contributed by atoms with Gasteiger partial charge in [-0.1, -0.05) is 41.6 Å². The van der Waals surface area contributed by atoms with Crippen LogP contribution in [0.1, 0.15) is 0 Å². The Morgan fingerprint density at radius 1 is 0.938 bits per heavy atom. The van der Waals surface area contributed by atoms with Crippen molar-refractivity contribution in [1.29, 1.82) is 0 Å². The zero-order valence-electron chi connectivity index (χ0n) is 8.60. The van der Waals surface area contributed by atoms with Gasteiger partial charge in [-0.2, -0.15) is 0 Å². The molecular weight excluding hydrogens is 240 g/mol. The number of hydrogen-bond acceptors (Lipinski definition) is 2. The minimum absolute atomic E-state index is 0.603. The van der Waals surface area contributed by atoms with Gasteiger partial charge in [-0.05, 0) is 36.4 Å². The van der Waals surface area contributed by atoms with E-state index in [1.54, 1.807) is 11.8 Å². The van der Waals surface area contributed by atoms with Gasteiger partial charge in [-0.15, -0.1) is 0 Å². The van der Waals surface area contributed by atoms with Crippen molar-refractivity contribution in [3.63, 3.8) is 0 Å². The molecule has 0 aliphatic heterocycles. The van der Waals surface area contributed by atoms with E-state index in [0.29, 0.717) is 5.94 Å². The quantitative estimate of drug-likeness (QED) is 0.585. The lowest BCUT2D eigenvalue weighted by Gasteiger charge is -2.05. The third-order valence-electron chi connectivity index (χ3n) is 2.01. The summed E-state index contributed by atoms with van der Waals surface area (Å²) in [6, 6.07) is 17.6. The summed E-state index contributed by atoms with van der Waals surface area (Å²) in [5.41, 5.74) is 0. The summed E-state index contributed by atoms with van der Waals surface area (Å²) in [6.07, 6.45) is 0. The summed E-state index contributed by atoms with van der Waals surface area (Å²) in [7, 11) is 0. The molecule has 0 spiro atoms. The maximum atomic E-state index is 5.78. The summed E-state index contributed by atoms with van der Waals surface area (Å²) >= 11 is 7.45. The van der Waals surface area contributed by atoms with Gasteiger partial charge < -0.3 is 4.74 Å². The lowest BCUT2D eigenvalue weighted by atomic mass is 10.3. The fraction of sp³-hybridized carbons (Fsp3) is 0.0769. The van der Waals surface area contributed by atoms with Crippen LogP contribution >= 0.6 is 23.4 Å². The van der Waals surface area contributed by atoms with E-state index >= 15 is 0 Å². The second-order valence-electron chi connectivity index (χ2n) is 3.17. The zero-order chi connectivity index (χ0) is 11.2. The SMILES string of the molecule is Clc1ccc(OCSc2ccccc2)cc1. The van der Waals surface area contributed by atoms with Crippen LogP contribution in [0.4, 0.5) is 0 Å². The summed E-state index contributed by atoms with van der Waals surface area (Å²) in [6.45, 7) is 0. The molecule has 0 N–H and O–H groups in total. The van der Waals surface area contributed by atoms with E-state index in [-0.39, 0.29) is 0 Å². The van der Waals surface area contributed by atoms with E-state index in [9.17, 15) is 0 Å². The molecule has 0 bridgehead atoms. The molecular formula is C13H11ClOS. The van der Waals surface area contributed by atoms with E-state index in [1.807, 2.05) is 42.5 Å². The third-order valence-corrected chi connectivity index (χ3v) is 3.10. The molecule has 0 radical (unpaired) electrons. The Labute approximate surface area is 104 Å². The molecule has 16 heavy (non-hydrogen) atoms. The van der Waals surface area contributed by atoms with E-state index in [1.165, 1.54) is 4.90 Å². The normalized spacial score (nSPS) is 10.1. The third kappa shape index (κ3) is 3.47. The highest BCUT2D eigenvalue weighted by molar-refractivity contribution is 7.99. The monoisotopic (exact) mass is 250 g/mol. The molecule has 0 fully saturated rings. The van der Waals surface area contributed by atoms with E-state index < -0.39 is 0 Å². The van der Waals surface area contributed by atoms with Crippen molar-refractivity contribution in [2.75, 3.05) is 5.94 Å². The number of benzene rings is 2. The topological polar surface area (TPSA) is 9.23 Å². The maximum Gasteiger partial charge on any atom is 0.138 e. The second-order valence-corrected chi connectivity index (χ2v) is 4.61. The van der Waals surface area contributed by atoms with Gasteiger partial charge >= 0.3 is 0 Å². The Morgan fingerprint density at radius 2 is 1.62 bits per heavy atom. The van der Waals surface area contributed by atoms with Crippen LogP contribution in [0.25, 0.3) is 0 Å². The molecule has 82 valence electrons. The van der Waals surface area contributed by atoms with Gasteiger partial charge in [0.15, 0.2) is 0 Å². The van der Waals surface area contributed by atoms with Crippen LogP contribution < -0.4 is 4.74 Å². The second kappa shape index (κ2) is 5.83. The first kappa shape index (κ1) is 11.4. The Kier molecular flexibility index (Phi) is 4.14. The number of thioether (sulfide) groups is 1. The minimum Gasteiger partial charge on any atom is -0.483 e. The van der Waals surface area contributed by atoms with Crippen molar-refractivity contribution >= 4 is 23.4 Å². The molecule has 0 heterocycles. The van der Waals surface area contributed by atoms with Crippen LogP contribution in [0.15, 0.2) is 59.5 Å². The molecule has 0 aliphatic carbocycles.